The van der Waals surface area contributed by atoms with Crippen LogP contribution in [0.15, 0.2) is 47.3 Å². The Labute approximate surface area is 156 Å². The van der Waals surface area contributed by atoms with E-state index in [1.165, 1.54) is 22.6 Å². The lowest BCUT2D eigenvalue weighted by Crippen LogP contribution is -2.17. The number of nitrogens with one attached hydrogen (secondary N) is 4. The maximum Gasteiger partial charge on any atom is 0.348 e. The fourth-order valence-corrected chi connectivity index (χ4v) is 3.14. The summed E-state index contributed by atoms with van der Waals surface area (Å²) in [5.74, 6) is 0.661. The molecule has 9 nitrogen and oxygen atoms in total. The van der Waals surface area contributed by atoms with Crippen LogP contribution in [0.1, 0.15) is 0 Å². The van der Waals surface area contributed by atoms with Crippen molar-refractivity contribution < 1.29 is 4.39 Å². The number of halogens is 1. The number of anilines is 2. The van der Waals surface area contributed by atoms with E-state index in [-0.39, 0.29) is 0 Å². The monoisotopic (exact) mass is 378 g/mol. The van der Waals surface area contributed by atoms with Crippen LogP contribution in [0.2, 0.25) is 0 Å². The molecule has 0 aliphatic carbocycles. The highest BCUT2D eigenvalue weighted by atomic mass is 19.1. The molecule has 4 N–H and O–H groups in total. The molecule has 3 aromatic heterocycles. The second-order valence-corrected chi connectivity index (χ2v) is 6.24. The third kappa shape index (κ3) is 2.71. The molecule has 0 fully saturated rings. The van der Waals surface area contributed by atoms with Crippen molar-refractivity contribution in [3.63, 3.8) is 0 Å². The Morgan fingerprint density at radius 1 is 1.04 bits per heavy atom. The first-order valence-corrected chi connectivity index (χ1v) is 8.68. The molecule has 0 aliphatic heterocycles. The topological polar surface area (TPSA) is 116 Å². The Kier molecular flexibility index (Phi) is 3.68. The molecule has 5 aromatic rings. The maximum absolute atomic E-state index is 13.6. The van der Waals surface area contributed by atoms with Crippen LogP contribution in [0.4, 0.5) is 16.2 Å². The number of para-hydroxylation sites is 2. The summed E-state index contributed by atoms with van der Waals surface area (Å²) in [6, 6.07) is 11.9. The Morgan fingerprint density at radius 2 is 1.89 bits per heavy atom. The van der Waals surface area contributed by atoms with Crippen molar-refractivity contribution in [2.24, 2.45) is 0 Å². The molecular weight excluding hydrogens is 363 g/mol. The molecule has 5 rings (SSSR count). The lowest BCUT2D eigenvalue weighted by molar-refractivity contribution is 0.629. The number of imidazole rings is 1. The number of aromatic amines is 2. The first-order valence-electron chi connectivity index (χ1n) is 8.68. The van der Waals surface area contributed by atoms with Crippen LogP contribution in [-0.2, 0) is 0 Å². The molecule has 28 heavy (non-hydrogen) atoms. The van der Waals surface area contributed by atoms with Crippen LogP contribution in [0.25, 0.3) is 27.7 Å². The molecule has 0 saturated carbocycles. The molecule has 2 aromatic carbocycles. The van der Waals surface area contributed by atoms with Gasteiger partial charge in [-0.2, -0.15) is 0 Å². The van der Waals surface area contributed by atoms with Gasteiger partial charge in [-0.1, -0.05) is 12.1 Å². The van der Waals surface area contributed by atoms with E-state index < -0.39 is 11.5 Å². The van der Waals surface area contributed by atoms with Crippen LogP contribution in [-0.4, -0.2) is 42.6 Å². The highest BCUT2D eigenvalue weighted by Gasteiger charge is 2.13. The van der Waals surface area contributed by atoms with Gasteiger partial charge in [0.25, 0.3) is 0 Å². The van der Waals surface area contributed by atoms with Gasteiger partial charge in [-0.3, -0.25) is 0 Å². The summed E-state index contributed by atoms with van der Waals surface area (Å²) >= 11 is 0. The Bertz CT molecular complexity index is 1340. The van der Waals surface area contributed by atoms with Crippen LogP contribution in [0.3, 0.4) is 0 Å². The summed E-state index contributed by atoms with van der Waals surface area (Å²) in [4.78, 5) is 24.2. The van der Waals surface area contributed by atoms with Gasteiger partial charge >= 0.3 is 5.69 Å². The smallest absolute Gasteiger partial charge is 0.348 e. The van der Waals surface area contributed by atoms with Crippen LogP contribution in [0, 0.1) is 5.82 Å². The number of aromatic nitrogens is 6. The molecule has 0 unspecified atom stereocenters. The van der Waals surface area contributed by atoms with E-state index in [0.29, 0.717) is 41.5 Å². The summed E-state index contributed by atoms with van der Waals surface area (Å²) in [7, 11) is 0. The minimum atomic E-state index is -0.448. The van der Waals surface area contributed by atoms with Crippen molar-refractivity contribution in [2.45, 2.75) is 0 Å². The van der Waals surface area contributed by atoms with Gasteiger partial charge in [0.05, 0.1) is 22.1 Å². The standard InChI is InChI=1S/C18H15FN8O/c19-10-5-6-13-14(9-10)27-16(25-26-18(27)28)15(22-13)20-7-8-21-17-23-11-3-1-2-4-12(11)24-17/h1-6,9H,7-8H2,(H,20,22)(H,26,28)(H2,21,23,24). The van der Waals surface area contributed by atoms with Crippen molar-refractivity contribution >= 4 is 39.5 Å². The lowest BCUT2D eigenvalue weighted by atomic mass is 10.3. The van der Waals surface area contributed by atoms with Crippen molar-refractivity contribution in [3.8, 4) is 0 Å². The minimum absolute atomic E-state index is 0.312. The molecule has 0 radical (unpaired) electrons. The molecule has 10 heteroatoms. The second-order valence-electron chi connectivity index (χ2n) is 6.24. The zero-order valence-electron chi connectivity index (χ0n) is 14.5. The molecular formula is C18H15FN8O. The fourth-order valence-electron chi connectivity index (χ4n) is 3.14. The summed E-state index contributed by atoms with van der Waals surface area (Å²) in [5.41, 5.74) is 2.56. The van der Waals surface area contributed by atoms with E-state index in [1.54, 1.807) is 0 Å². The number of benzene rings is 2. The van der Waals surface area contributed by atoms with Crippen molar-refractivity contribution in [3.05, 3.63) is 58.8 Å². The predicted octanol–water partition coefficient (Wildman–Crippen LogP) is 2.11. The average Bonchev–Trinajstić information content (AvgIpc) is 3.29. The Hall–Kier alpha value is -3.95. The highest BCUT2D eigenvalue weighted by Crippen LogP contribution is 2.19. The molecule has 0 amide bonds. The van der Waals surface area contributed by atoms with Crippen molar-refractivity contribution in [1.82, 2.24) is 29.5 Å². The van der Waals surface area contributed by atoms with Gasteiger partial charge in [0.15, 0.2) is 5.82 Å². The fraction of sp³-hybridized carbons (Fsp3) is 0.111. The zero-order valence-corrected chi connectivity index (χ0v) is 14.5. The molecule has 0 atom stereocenters. The van der Waals surface area contributed by atoms with Gasteiger partial charge in [0.1, 0.15) is 5.82 Å². The van der Waals surface area contributed by atoms with Crippen molar-refractivity contribution in [1.29, 1.82) is 0 Å². The molecule has 0 aliphatic rings. The van der Waals surface area contributed by atoms with Gasteiger partial charge < -0.3 is 15.6 Å². The van der Waals surface area contributed by atoms with Gasteiger partial charge in [-0.25, -0.2) is 28.7 Å². The van der Waals surface area contributed by atoms with E-state index in [4.69, 9.17) is 0 Å². The lowest BCUT2D eigenvalue weighted by Gasteiger charge is -2.09. The summed E-state index contributed by atoms with van der Waals surface area (Å²) in [5, 5.41) is 12.7. The van der Waals surface area contributed by atoms with Gasteiger partial charge in [0.2, 0.25) is 11.6 Å². The zero-order chi connectivity index (χ0) is 19.1. The molecule has 0 saturated heterocycles. The quantitative estimate of drug-likeness (QED) is 0.348. The largest absolute Gasteiger partial charge is 0.365 e. The van der Waals surface area contributed by atoms with E-state index >= 15 is 0 Å². The van der Waals surface area contributed by atoms with Crippen LogP contribution < -0.4 is 16.3 Å². The van der Waals surface area contributed by atoms with Crippen LogP contribution >= 0.6 is 0 Å². The van der Waals surface area contributed by atoms with Gasteiger partial charge in [-0.15, -0.1) is 5.10 Å². The SMILES string of the molecule is O=c1[nH]nc2c(NCCNc3nc4ccccc4[nH]3)nc3ccc(F)cc3n12. The molecule has 3 heterocycles. The summed E-state index contributed by atoms with van der Waals surface area (Å²) in [6.07, 6.45) is 0. The number of nitrogens with zero attached hydrogens (tertiary/aromatic N) is 4. The third-order valence-electron chi connectivity index (χ3n) is 4.39. The molecule has 140 valence electrons. The molecule has 0 bridgehead atoms. The maximum atomic E-state index is 13.6. The average molecular weight is 378 g/mol. The van der Waals surface area contributed by atoms with E-state index in [2.05, 4.69) is 35.8 Å². The number of H-pyrrole nitrogens is 2. The van der Waals surface area contributed by atoms with Gasteiger partial charge in [0, 0.05) is 19.2 Å². The first kappa shape index (κ1) is 16.2. The number of rotatable bonds is 5. The number of fused-ring (bicyclic) bond motifs is 4. The van der Waals surface area contributed by atoms with Crippen LogP contribution in [0.5, 0.6) is 0 Å². The number of hydrogen-bond donors (Lipinski definition) is 4. The van der Waals surface area contributed by atoms with Gasteiger partial charge in [-0.05, 0) is 24.3 Å². The van der Waals surface area contributed by atoms with E-state index in [9.17, 15) is 9.18 Å². The Balaban J connectivity index is 1.37. The van der Waals surface area contributed by atoms with E-state index in [1.807, 2.05) is 24.3 Å². The second kappa shape index (κ2) is 6.34. The predicted molar refractivity (Wildman–Crippen MR) is 104 cm³/mol. The Morgan fingerprint density at radius 3 is 2.79 bits per heavy atom. The summed E-state index contributed by atoms with van der Waals surface area (Å²) < 4.78 is 14.9. The van der Waals surface area contributed by atoms with Crippen molar-refractivity contribution in [2.75, 3.05) is 23.7 Å². The molecule has 0 spiro atoms. The number of hydrogen-bond acceptors (Lipinski definition) is 6. The minimum Gasteiger partial charge on any atom is -0.365 e. The third-order valence-corrected chi connectivity index (χ3v) is 4.39. The normalized spacial score (nSPS) is 11.5. The first-order chi connectivity index (χ1) is 13.7. The van der Waals surface area contributed by atoms with E-state index in [0.717, 1.165) is 11.0 Å². The summed E-state index contributed by atoms with van der Waals surface area (Å²) in [6.45, 7) is 1.07. The highest BCUT2D eigenvalue weighted by molar-refractivity contribution is 5.82.